The number of allylic oxidation sites excluding steroid dienone is 1. The summed E-state index contributed by atoms with van der Waals surface area (Å²) in [5, 5.41) is 0. The minimum absolute atomic E-state index is 0.0721. The second kappa shape index (κ2) is 10.2. The minimum atomic E-state index is -0.0721. The van der Waals surface area contributed by atoms with Crippen LogP contribution in [0.25, 0.3) is 6.08 Å². The lowest BCUT2D eigenvalue weighted by Gasteiger charge is -2.13. The topological polar surface area (TPSA) is 44.8 Å². The fourth-order valence-electron chi connectivity index (χ4n) is 2.76. The number of hydrogen-bond donors (Lipinski definition) is 0. The number of methoxy groups -OCH3 is 2. The number of ether oxygens (including phenoxy) is 3. The second-order valence-corrected chi connectivity index (χ2v) is 5.99. The zero-order chi connectivity index (χ0) is 19.6. The van der Waals surface area contributed by atoms with Gasteiger partial charge in [0.15, 0.2) is 17.3 Å². The van der Waals surface area contributed by atoms with Gasteiger partial charge in [0.05, 0.1) is 14.2 Å². The van der Waals surface area contributed by atoms with Gasteiger partial charge in [0, 0.05) is 5.56 Å². The fraction of sp³-hybridized carbons (Fsp3) is 0.261. The van der Waals surface area contributed by atoms with Gasteiger partial charge in [-0.2, -0.15) is 0 Å². The number of carbonyl (C=O) groups excluding carboxylic acids is 1. The van der Waals surface area contributed by atoms with Gasteiger partial charge < -0.3 is 14.2 Å². The van der Waals surface area contributed by atoms with Crippen LogP contribution in [0.3, 0.4) is 0 Å². The summed E-state index contributed by atoms with van der Waals surface area (Å²) in [6.45, 7) is 6.16. The summed E-state index contributed by atoms with van der Waals surface area (Å²) in [5.74, 6) is 2.05. The Morgan fingerprint density at radius 3 is 2.44 bits per heavy atom. The number of aryl methyl sites for hydroxylation is 1. The van der Waals surface area contributed by atoms with Gasteiger partial charge in [0.1, 0.15) is 12.4 Å². The van der Waals surface area contributed by atoms with E-state index < -0.39 is 0 Å². The van der Waals surface area contributed by atoms with E-state index in [9.17, 15) is 4.79 Å². The maximum atomic E-state index is 12.4. The van der Waals surface area contributed by atoms with Crippen molar-refractivity contribution in [3.63, 3.8) is 0 Å². The molecule has 4 nitrogen and oxygen atoms in total. The molecule has 0 aliphatic rings. The highest BCUT2D eigenvalue weighted by atomic mass is 16.5. The highest BCUT2D eigenvalue weighted by Crippen LogP contribution is 2.34. The van der Waals surface area contributed by atoms with Crippen molar-refractivity contribution < 1.29 is 19.0 Å². The second-order valence-electron chi connectivity index (χ2n) is 5.99. The molecule has 0 saturated carbocycles. The smallest absolute Gasteiger partial charge is 0.185 e. The van der Waals surface area contributed by atoms with Gasteiger partial charge >= 0.3 is 0 Å². The summed E-state index contributed by atoms with van der Waals surface area (Å²) in [6.07, 6.45) is 6.91. The van der Waals surface area contributed by atoms with Crippen LogP contribution in [0.15, 0.2) is 55.1 Å². The van der Waals surface area contributed by atoms with E-state index in [-0.39, 0.29) is 5.78 Å². The van der Waals surface area contributed by atoms with E-state index in [1.54, 1.807) is 56.7 Å². The summed E-state index contributed by atoms with van der Waals surface area (Å²) >= 11 is 0. The molecule has 0 unspecified atom stereocenters. The summed E-state index contributed by atoms with van der Waals surface area (Å²) < 4.78 is 16.3. The molecular formula is C23H26O4. The molecule has 0 N–H and O–H groups in total. The highest BCUT2D eigenvalue weighted by Gasteiger charge is 2.11. The van der Waals surface area contributed by atoms with Crippen molar-refractivity contribution in [3.05, 3.63) is 71.8 Å². The zero-order valence-electron chi connectivity index (χ0n) is 16.2. The Hall–Kier alpha value is -3.01. The summed E-state index contributed by atoms with van der Waals surface area (Å²) in [6, 6.07) is 11.0. The Morgan fingerprint density at radius 2 is 1.85 bits per heavy atom. The molecule has 2 aromatic rings. The van der Waals surface area contributed by atoms with Gasteiger partial charge in [-0.25, -0.2) is 0 Å². The van der Waals surface area contributed by atoms with Crippen LogP contribution < -0.4 is 14.2 Å². The molecule has 142 valence electrons. The van der Waals surface area contributed by atoms with Gasteiger partial charge in [-0.15, -0.1) is 0 Å². The Bertz CT molecular complexity index is 804. The molecule has 0 saturated heterocycles. The van der Waals surface area contributed by atoms with E-state index in [0.717, 1.165) is 29.7 Å². The largest absolute Gasteiger partial charge is 0.493 e. The Kier molecular flexibility index (Phi) is 7.68. The predicted molar refractivity (Wildman–Crippen MR) is 109 cm³/mol. The van der Waals surface area contributed by atoms with Gasteiger partial charge in [0.2, 0.25) is 0 Å². The number of benzene rings is 2. The molecule has 0 heterocycles. The number of ketones is 1. The van der Waals surface area contributed by atoms with Crippen molar-refractivity contribution in [2.45, 2.75) is 19.8 Å². The van der Waals surface area contributed by atoms with Crippen molar-refractivity contribution in [2.75, 3.05) is 20.8 Å². The third-order valence-electron chi connectivity index (χ3n) is 4.03. The van der Waals surface area contributed by atoms with Crippen LogP contribution in [0.5, 0.6) is 17.2 Å². The number of hydrogen-bond acceptors (Lipinski definition) is 4. The lowest BCUT2D eigenvalue weighted by atomic mass is 10.0. The standard InChI is InChI=1S/C23H26O4/c1-5-7-19-15-17(16-22(25-3)23(19)26-4)8-13-21(24)18-9-11-20(12-10-18)27-14-6-2/h6,8-13,15-16H,2,5,7,14H2,1,3-4H3/b13-8+. The molecule has 0 fully saturated rings. The van der Waals surface area contributed by atoms with Crippen molar-refractivity contribution in [2.24, 2.45) is 0 Å². The average Bonchev–Trinajstić information content (AvgIpc) is 2.70. The number of carbonyl (C=O) groups is 1. The molecule has 0 amide bonds. The van der Waals surface area contributed by atoms with E-state index in [1.165, 1.54) is 0 Å². The van der Waals surface area contributed by atoms with E-state index >= 15 is 0 Å². The predicted octanol–water partition coefficient (Wildman–Crippen LogP) is 5.12. The SMILES string of the molecule is C=CCOc1ccc(C(=O)/C=C/c2cc(CCC)c(OC)c(OC)c2)cc1. The van der Waals surface area contributed by atoms with Crippen LogP contribution >= 0.6 is 0 Å². The molecule has 0 bridgehead atoms. The lowest BCUT2D eigenvalue weighted by molar-refractivity contribution is 0.104. The van der Waals surface area contributed by atoms with Crippen LogP contribution in [0.1, 0.15) is 34.8 Å². The molecule has 2 aromatic carbocycles. The Morgan fingerprint density at radius 1 is 1.11 bits per heavy atom. The lowest BCUT2D eigenvalue weighted by Crippen LogP contribution is -1.98. The third-order valence-corrected chi connectivity index (χ3v) is 4.03. The van der Waals surface area contributed by atoms with E-state index in [2.05, 4.69) is 13.5 Å². The first-order chi connectivity index (χ1) is 13.1. The summed E-state index contributed by atoms with van der Waals surface area (Å²) in [4.78, 5) is 12.4. The molecule has 0 spiro atoms. The Labute approximate surface area is 161 Å². The highest BCUT2D eigenvalue weighted by molar-refractivity contribution is 6.06. The first kappa shape index (κ1) is 20.3. The molecule has 27 heavy (non-hydrogen) atoms. The third kappa shape index (κ3) is 5.48. The maximum Gasteiger partial charge on any atom is 0.185 e. The van der Waals surface area contributed by atoms with Crippen molar-refractivity contribution in [1.82, 2.24) is 0 Å². The van der Waals surface area contributed by atoms with Gasteiger partial charge in [-0.05, 0) is 60.0 Å². The summed E-state index contributed by atoms with van der Waals surface area (Å²) in [5.41, 5.74) is 2.57. The Balaban J connectivity index is 2.19. The summed E-state index contributed by atoms with van der Waals surface area (Å²) in [7, 11) is 3.25. The van der Waals surface area contributed by atoms with E-state index in [4.69, 9.17) is 14.2 Å². The van der Waals surface area contributed by atoms with E-state index in [1.807, 2.05) is 12.1 Å². The van der Waals surface area contributed by atoms with Gasteiger partial charge in [0.25, 0.3) is 0 Å². The van der Waals surface area contributed by atoms with Crippen molar-refractivity contribution in [3.8, 4) is 17.2 Å². The van der Waals surface area contributed by atoms with Gasteiger partial charge in [-0.3, -0.25) is 4.79 Å². The molecule has 0 atom stereocenters. The molecule has 0 radical (unpaired) electrons. The zero-order valence-corrected chi connectivity index (χ0v) is 16.2. The fourth-order valence-corrected chi connectivity index (χ4v) is 2.76. The van der Waals surface area contributed by atoms with Crippen LogP contribution in [0, 0.1) is 0 Å². The van der Waals surface area contributed by atoms with Crippen molar-refractivity contribution in [1.29, 1.82) is 0 Å². The maximum absolute atomic E-state index is 12.4. The quantitative estimate of drug-likeness (QED) is 0.333. The molecule has 0 aromatic heterocycles. The average molecular weight is 366 g/mol. The van der Waals surface area contributed by atoms with Gasteiger partial charge in [-0.1, -0.05) is 32.1 Å². The first-order valence-corrected chi connectivity index (χ1v) is 8.94. The normalized spacial score (nSPS) is 10.6. The van der Waals surface area contributed by atoms with Crippen LogP contribution in [0.2, 0.25) is 0 Å². The molecule has 2 rings (SSSR count). The molecule has 4 heteroatoms. The number of rotatable bonds is 10. The molecule has 0 aliphatic heterocycles. The van der Waals surface area contributed by atoms with Crippen molar-refractivity contribution >= 4 is 11.9 Å². The van der Waals surface area contributed by atoms with E-state index in [0.29, 0.717) is 23.7 Å². The monoisotopic (exact) mass is 366 g/mol. The first-order valence-electron chi connectivity index (χ1n) is 8.94. The van der Waals surface area contributed by atoms with Crippen LogP contribution in [0.4, 0.5) is 0 Å². The van der Waals surface area contributed by atoms with Crippen LogP contribution in [-0.2, 0) is 6.42 Å². The molecular weight excluding hydrogens is 340 g/mol. The van der Waals surface area contributed by atoms with Crippen LogP contribution in [-0.4, -0.2) is 26.6 Å². The molecule has 0 aliphatic carbocycles. The minimum Gasteiger partial charge on any atom is -0.493 e.